The van der Waals surface area contributed by atoms with E-state index in [-0.39, 0.29) is 10.9 Å². The summed E-state index contributed by atoms with van der Waals surface area (Å²) in [5.41, 5.74) is 0. The molecule has 0 atom stereocenters. The van der Waals surface area contributed by atoms with Gasteiger partial charge in [-0.1, -0.05) is 11.3 Å². The Bertz CT molecular complexity index is 381. The Morgan fingerprint density at radius 1 is 1.50 bits per heavy atom. The summed E-state index contributed by atoms with van der Waals surface area (Å²) in [5, 5.41) is 13.1. The van der Waals surface area contributed by atoms with Crippen LogP contribution in [0.25, 0.3) is 0 Å². The second-order valence-electron chi connectivity index (χ2n) is 3.05. The molecular formula is C9H11ClN2O3S. The highest BCUT2D eigenvalue weighted by atomic mass is 35.5. The van der Waals surface area contributed by atoms with Crippen molar-refractivity contribution in [2.75, 3.05) is 12.4 Å². The first-order chi connectivity index (χ1) is 7.65. The van der Waals surface area contributed by atoms with Crippen LogP contribution in [0.3, 0.4) is 0 Å². The van der Waals surface area contributed by atoms with Crippen LogP contribution in [0.5, 0.6) is 0 Å². The quantitative estimate of drug-likeness (QED) is 0.370. The minimum atomic E-state index is -0.505. The highest BCUT2D eigenvalue weighted by Crippen LogP contribution is 2.23. The first-order valence-corrected chi connectivity index (χ1v) is 6.08. The van der Waals surface area contributed by atoms with Gasteiger partial charge in [0, 0.05) is 18.5 Å². The lowest BCUT2D eigenvalue weighted by Crippen LogP contribution is -2.23. The first-order valence-electron chi connectivity index (χ1n) is 4.73. The number of hydrogen-bond donors (Lipinski definition) is 1. The second-order valence-corrected chi connectivity index (χ2v) is 4.49. The molecule has 0 aliphatic rings. The minimum Gasteiger partial charge on any atom is -0.351 e. The maximum atomic E-state index is 11.5. The number of unbranched alkanes of at least 4 members (excludes halogenated alkanes) is 1. The molecule has 0 aliphatic heterocycles. The Morgan fingerprint density at radius 3 is 2.81 bits per heavy atom. The van der Waals surface area contributed by atoms with Crippen molar-refractivity contribution < 1.29 is 9.72 Å². The van der Waals surface area contributed by atoms with E-state index < -0.39 is 4.92 Å². The topological polar surface area (TPSA) is 72.2 Å². The molecule has 7 heteroatoms. The summed E-state index contributed by atoms with van der Waals surface area (Å²) >= 11 is 6.36. The Labute approximate surface area is 102 Å². The molecule has 0 aliphatic carbocycles. The molecule has 16 heavy (non-hydrogen) atoms. The fourth-order valence-electron chi connectivity index (χ4n) is 1.06. The lowest BCUT2D eigenvalue weighted by molar-refractivity contribution is -0.380. The number of nitrogens with one attached hydrogen (secondary N) is 1. The van der Waals surface area contributed by atoms with Crippen molar-refractivity contribution in [3.63, 3.8) is 0 Å². The zero-order valence-corrected chi connectivity index (χ0v) is 10.0. The number of halogens is 1. The third kappa shape index (κ3) is 3.79. The second kappa shape index (κ2) is 6.44. The number of nitro groups is 1. The van der Waals surface area contributed by atoms with Crippen LogP contribution in [0.1, 0.15) is 22.5 Å². The molecule has 1 aromatic heterocycles. The Morgan fingerprint density at radius 2 is 2.25 bits per heavy atom. The molecule has 0 saturated carbocycles. The number of hydrogen-bond acceptors (Lipinski definition) is 4. The standard InChI is InChI=1S/C9H11ClN2O3S/c10-5-1-2-6-11-9(13)7-3-4-8(16-7)12(14)15/h3-4H,1-2,5-6H2,(H,11,13). The van der Waals surface area contributed by atoms with Crippen LogP contribution in [-0.2, 0) is 0 Å². The fourth-order valence-corrected chi connectivity index (χ4v) is 1.98. The van der Waals surface area contributed by atoms with E-state index in [1.807, 2.05) is 0 Å². The summed E-state index contributed by atoms with van der Waals surface area (Å²) in [7, 11) is 0. The predicted molar refractivity (Wildman–Crippen MR) is 63.3 cm³/mol. The molecule has 0 fully saturated rings. The van der Waals surface area contributed by atoms with E-state index in [0.29, 0.717) is 17.3 Å². The average Bonchev–Trinajstić information content (AvgIpc) is 2.73. The van der Waals surface area contributed by atoms with E-state index in [1.165, 1.54) is 12.1 Å². The number of amides is 1. The maximum absolute atomic E-state index is 11.5. The molecule has 1 amide bonds. The molecule has 0 bridgehead atoms. The molecule has 88 valence electrons. The van der Waals surface area contributed by atoms with E-state index >= 15 is 0 Å². The van der Waals surface area contributed by atoms with Crippen molar-refractivity contribution in [3.8, 4) is 0 Å². The summed E-state index contributed by atoms with van der Waals surface area (Å²) in [6, 6.07) is 2.79. The minimum absolute atomic E-state index is 0.0223. The number of alkyl halides is 1. The van der Waals surface area contributed by atoms with Gasteiger partial charge < -0.3 is 5.32 Å². The average molecular weight is 263 g/mol. The van der Waals surface area contributed by atoms with Gasteiger partial charge in [-0.25, -0.2) is 0 Å². The smallest absolute Gasteiger partial charge is 0.324 e. The van der Waals surface area contributed by atoms with Crippen molar-refractivity contribution in [1.82, 2.24) is 5.32 Å². The summed E-state index contributed by atoms with van der Waals surface area (Å²) in [5.74, 6) is 0.299. The summed E-state index contributed by atoms with van der Waals surface area (Å²) in [4.78, 5) is 21.7. The third-order valence-corrected chi connectivity index (χ3v) is 3.14. The Kier molecular flexibility index (Phi) is 5.21. The number of nitrogens with zero attached hydrogens (tertiary/aromatic N) is 1. The van der Waals surface area contributed by atoms with Gasteiger partial charge in [-0.3, -0.25) is 14.9 Å². The molecule has 1 aromatic rings. The highest BCUT2D eigenvalue weighted by molar-refractivity contribution is 7.17. The van der Waals surface area contributed by atoms with Gasteiger partial charge in [0.25, 0.3) is 5.91 Å². The molecule has 0 saturated heterocycles. The van der Waals surface area contributed by atoms with Crippen molar-refractivity contribution in [3.05, 3.63) is 27.1 Å². The Balaban J connectivity index is 2.43. The monoisotopic (exact) mass is 262 g/mol. The lowest BCUT2D eigenvalue weighted by atomic mass is 10.3. The molecule has 1 rings (SSSR count). The van der Waals surface area contributed by atoms with Gasteiger partial charge in [0.05, 0.1) is 9.80 Å². The number of carbonyl (C=O) groups is 1. The van der Waals surface area contributed by atoms with Gasteiger partial charge in [0.15, 0.2) is 0 Å². The molecule has 0 unspecified atom stereocenters. The van der Waals surface area contributed by atoms with Gasteiger partial charge in [0.1, 0.15) is 0 Å². The van der Waals surface area contributed by atoms with E-state index in [2.05, 4.69) is 5.32 Å². The number of carbonyl (C=O) groups excluding carboxylic acids is 1. The van der Waals surface area contributed by atoms with Crippen LogP contribution >= 0.6 is 22.9 Å². The lowest BCUT2D eigenvalue weighted by Gasteiger charge is -2.01. The Hall–Kier alpha value is -1.14. The molecule has 0 spiro atoms. The van der Waals surface area contributed by atoms with Crippen LogP contribution in [-0.4, -0.2) is 23.3 Å². The summed E-state index contributed by atoms with van der Waals surface area (Å²) < 4.78 is 0. The maximum Gasteiger partial charge on any atom is 0.324 e. The molecule has 0 radical (unpaired) electrons. The van der Waals surface area contributed by atoms with Crippen molar-refractivity contribution in [2.45, 2.75) is 12.8 Å². The van der Waals surface area contributed by atoms with Crippen LogP contribution in [0.4, 0.5) is 5.00 Å². The third-order valence-electron chi connectivity index (χ3n) is 1.84. The van der Waals surface area contributed by atoms with Crippen LogP contribution in [0, 0.1) is 10.1 Å². The zero-order chi connectivity index (χ0) is 12.0. The van der Waals surface area contributed by atoms with E-state index in [1.54, 1.807) is 0 Å². The molecule has 1 heterocycles. The van der Waals surface area contributed by atoms with Crippen LogP contribution < -0.4 is 5.32 Å². The highest BCUT2D eigenvalue weighted by Gasteiger charge is 2.14. The zero-order valence-electron chi connectivity index (χ0n) is 8.44. The largest absolute Gasteiger partial charge is 0.351 e. The summed E-state index contributed by atoms with van der Waals surface area (Å²) in [6.45, 7) is 0.539. The van der Waals surface area contributed by atoms with E-state index in [4.69, 9.17) is 11.6 Å². The van der Waals surface area contributed by atoms with Crippen LogP contribution in [0.15, 0.2) is 12.1 Å². The van der Waals surface area contributed by atoms with Gasteiger partial charge in [-0.05, 0) is 18.9 Å². The molecule has 5 nitrogen and oxygen atoms in total. The van der Waals surface area contributed by atoms with E-state index in [0.717, 1.165) is 24.2 Å². The van der Waals surface area contributed by atoms with Crippen molar-refractivity contribution >= 4 is 33.8 Å². The van der Waals surface area contributed by atoms with Crippen molar-refractivity contribution in [1.29, 1.82) is 0 Å². The van der Waals surface area contributed by atoms with Gasteiger partial charge in [-0.2, -0.15) is 0 Å². The molecule has 1 N–H and O–H groups in total. The van der Waals surface area contributed by atoms with Crippen molar-refractivity contribution in [2.24, 2.45) is 0 Å². The van der Waals surface area contributed by atoms with Gasteiger partial charge >= 0.3 is 5.00 Å². The normalized spacial score (nSPS) is 10.1. The van der Waals surface area contributed by atoms with Gasteiger partial charge in [-0.15, -0.1) is 11.6 Å². The van der Waals surface area contributed by atoms with E-state index in [9.17, 15) is 14.9 Å². The fraction of sp³-hybridized carbons (Fsp3) is 0.444. The SMILES string of the molecule is O=C(NCCCCCl)c1ccc([N+](=O)[O-])s1. The number of rotatable bonds is 6. The summed E-state index contributed by atoms with van der Waals surface area (Å²) in [6.07, 6.45) is 1.65. The number of thiophene rings is 1. The molecule has 0 aromatic carbocycles. The molecular weight excluding hydrogens is 252 g/mol. The first kappa shape index (κ1) is 12.9. The van der Waals surface area contributed by atoms with Crippen LogP contribution in [0.2, 0.25) is 0 Å². The predicted octanol–water partition coefficient (Wildman–Crippen LogP) is 2.41. The van der Waals surface area contributed by atoms with Gasteiger partial charge in [0.2, 0.25) is 0 Å².